The predicted molar refractivity (Wildman–Crippen MR) is 177 cm³/mol. The van der Waals surface area contributed by atoms with Crippen LogP contribution in [0.5, 0.6) is 0 Å². The summed E-state index contributed by atoms with van der Waals surface area (Å²) in [4.78, 5) is 0. The second kappa shape index (κ2) is 13.0. The van der Waals surface area contributed by atoms with Gasteiger partial charge in [0.15, 0.2) is 0 Å². The van der Waals surface area contributed by atoms with Crippen molar-refractivity contribution in [3.05, 3.63) is 129 Å². The van der Waals surface area contributed by atoms with E-state index in [1.807, 2.05) is 0 Å². The molecule has 0 N–H and O–H groups in total. The molecule has 0 aromatic heterocycles. The average Bonchev–Trinajstić information content (AvgIpc) is 3.52. The third kappa shape index (κ3) is 6.48. The van der Waals surface area contributed by atoms with E-state index < -0.39 is 21.0 Å². The molecule has 2 aliphatic rings. The number of hydrogen-bond acceptors (Lipinski definition) is 0. The van der Waals surface area contributed by atoms with Crippen LogP contribution in [0.25, 0.3) is 11.1 Å². The first-order valence-corrected chi connectivity index (χ1v) is 19.8. The molecule has 0 unspecified atom stereocenters. The number of benzene rings is 3. The average molecular weight is 738 g/mol. The quantitative estimate of drug-likeness (QED) is 0.175. The van der Waals surface area contributed by atoms with E-state index in [0.29, 0.717) is 3.67 Å². The Morgan fingerprint density at radius 3 is 1.82 bits per heavy atom. The van der Waals surface area contributed by atoms with Gasteiger partial charge in [0.1, 0.15) is 0 Å². The third-order valence-corrected chi connectivity index (χ3v) is 20.6. The maximum Gasteiger partial charge on any atom is -0.147 e. The number of rotatable bonds is 6. The molecular formula is C37H44Cl2Hf. The SMILES string of the molecule is C=CCC/[C](c1ccccc1)=[Hf](\[C]1=CC=CC1)[CH]1c2cc(C(C)(C)C)ccc2-c2ccc(C(C)(C)C)cc21.Cl.Cl. The minimum Gasteiger partial charge on any atom is -0.147 e. The molecule has 40 heavy (non-hydrogen) atoms. The molecule has 5 rings (SSSR count). The number of halogens is 2. The van der Waals surface area contributed by atoms with Gasteiger partial charge < -0.3 is 0 Å². The monoisotopic (exact) mass is 738 g/mol. The molecule has 0 nitrogen and oxygen atoms in total. The van der Waals surface area contributed by atoms with Gasteiger partial charge in [0, 0.05) is 0 Å². The van der Waals surface area contributed by atoms with Gasteiger partial charge in [-0.2, -0.15) is 0 Å². The van der Waals surface area contributed by atoms with Crippen molar-refractivity contribution in [1.82, 2.24) is 0 Å². The predicted octanol–water partition coefficient (Wildman–Crippen LogP) is 10.8. The summed E-state index contributed by atoms with van der Waals surface area (Å²) in [5.74, 6) is 0. The Morgan fingerprint density at radius 1 is 0.825 bits per heavy atom. The molecule has 3 aromatic rings. The van der Waals surface area contributed by atoms with E-state index in [2.05, 4.69) is 139 Å². The van der Waals surface area contributed by atoms with Crippen LogP contribution in [0.4, 0.5) is 0 Å². The Labute approximate surface area is 262 Å². The van der Waals surface area contributed by atoms with Gasteiger partial charge in [-0.15, -0.1) is 24.8 Å². The first-order valence-electron chi connectivity index (χ1n) is 14.1. The van der Waals surface area contributed by atoms with Crippen molar-refractivity contribution < 1.29 is 21.0 Å². The van der Waals surface area contributed by atoms with E-state index >= 15 is 0 Å². The standard InChI is InChI=1S/C21H25.C11H12.C5H5.2ClH.Hf/c1-20(2,3)16-7-9-18-14(12-16)11-15-13-17(21(4,5)6)8-10-19(15)18;1-2-3-5-8-11-9-6-4-7-10-11;1-2-4-5-3-1;;;/h7-13H,1-6H3;2,4,6-7,9-10H,1,3,5H2;1-3H,4H2;2*1H;. The molecular weight excluding hydrogens is 694 g/mol. The molecule has 210 valence electrons. The summed E-state index contributed by atoms with van der Waals surface area (Å²) in [5.41, 5.74) is 10.7. The number of fused-ring (bicyclic) bond motifs is 3. The van der Waals surface area contributed by atoms with Gasteiger partial charge in [-0.1, -0.05) is 0 Å². The first kappa shape index (κ1) is 32.7. The van der Waals surface area contributed by atoms with Crippen LogP contribution in [0.3, 0.4) is 0 Å². The molecule has 0 spiro atoms. The van der Waals surface area contributed by atoms with Crippen molar-refractivity contribution in [2.24, 2.45) is 0 Å². The van der Waals surface area contributed by atoms with Crippen molar-refractivity contribution in [3.8, 4) is 11.1 Å². The van der Waals surface area contributed by atoms with Crippen molar-refractivity contribution in [3.63, 3.8) is 0 Å². The summed E-state index contributed by atoms with van der Waals surface area (Å²) in [7, 11) is 0. The van der Waals surface area contributed by atoms with Gasteiger partial charge in [-0.3, -0.25) is 0 Å². The van der Waals surface area contributed by atoms with E-state index in [1.165, 1.54) is 27.8 Å². The number of allylic oxidation sites excluding steroid dienone is 5. The topological polar surface area (TPSA) is 0 Å². The summed E-state index contributed by atoms with van der Waals surface area (Å²) < 4.78 is 3.99. The minimum atomic E-state index is -2.72. The van der Waals surface area contributed by atoms with Crippen molar-refractivity contribution in [2.75, 3.05) is 0 Å². The summed E-state index contributed by atoms with van der Waals surface area (Å²) in [6, 6.07) is 26.1. The smallest absolute Gasteiger partial charge is 0.147 e. The van der Waals surface area contributed by atoms with E-state index in [1.54, 1.807) is 17.7 Å². The zero-order valence-electron chi connectivity index (χ0n) is 24.9. The van der Waals surface area contributed by atoms with Crippen molar-refractivity contribution in [2.45, 2.75) is 75.3 Å². The van der Waals surface area contributed by atoms with E-state index in [9.17, 15) is 0 Å². The summed E-state index contributed by atoms with van der Waals surface area (Å²) >= 11 is -2.72. The van der Waals surface area contributed by atoms with Crippen LogP contribution in [0.2, 0.25) is 0 Å². The molecule has 0 saturated heterocycles. The zero-order chi connectivity index (χ0) is 27.1. The normalized spacial score (nSPS) is 14.9. The molecule has 0 fully saturated rings. The summed E-state index contributed by atoms with van der Waals surface area (Å²) in [6.45, 7) is 18.2. The molecule has 0 radical (unpaired) electrons. The number of hydrogen-bond donors (Lipinski definition) is 0. The molecule has 0 saturated carbocycles. The van der Waals surface area contributed by atoms with Crippen LogP contribution >= 0.6 is 24.8 Å². The Kier molecular flexibility index (Phi) is 10.6. The summed E-state index contributed by atoms with van der Waals surface area (Å²) in [5, 5.41) is 0. The fourth-order valence-corrected chi connectivity index (χ4v) is 19.4. The fraction of sp³-hybridized carbons (Fsp3) is 0.324. The molecule has 0 heterocycles. The third-order valence-electron chi connectivity index (χ3n) is 8.20. The second-order valence-electron chi connectivity index (χ2n) is 12.9. The van der Waals surface area contributed by atoms with Crippen LogP contribution in [0, 0.1) is 0 Å². The van der Waals surface area contributed by atoms with E-state index in [4.69, 9.17) is 0 Å². The van der Waals surface area contributed by atoms with Gasteiger partial charge in [-0.25, -0.2) is 0 Å². The fourth-order valence-electron chi connectivity index (χ4n) is 6.03. The molecule has 3 aromatic carbocycles. The van der Waals surface area contributed by atoms with Crippen LogP contribution in [-0.2, 0) is 31.8 Å². The van der Waals surface area contributed by atoms with Crippen molar-refractivity contribution >= 4 is 28.1 Å². The van der Waals surface area contributed by atoms with Gasteiger partial charge in [0.05, 0.1) is 0 Å². The van der Waals surface area contributed by atoms with Crippen LogP contribution in [0.1, 0.15) is 92.3 Å². The Morgan fingerprint density at radius 2 is 1.38 bits per heavy atom. The Bertz CT molecular complexity index is 1400. The second-order valence-corrected chi connectivity index (χ2v) is 22.5. The van der Waals surface area contributed by atoms with Gasteiger partial charge >= 0.3 is 239 Å². The van der Waals surface area contributed by atoms with Crippen molar-refractivity contribution in [1.29, 1.82) is 0 Å². The zero-order valence-corrected chi connectivity index (χ0v) is 30.1. The Balaban J connectivity index is 0.00000220. The van der Waals surface area contributed by atoms with Gasteiger partial charge in [0.2, 0.25) is 0 Å². The molecule has 2 aliphatic carbocycles. The maximum absolute atomic E-state index is 4.11. The van der Waals surface area contributed by atoms with E-state index in [0.717, 1.165) is 19.3 Å². The molecule has 3 heteroatoms. The van der Waals surface area contributed by atoms with Crippen LogP contribution in [0.15, 0.2) is 101 Å². The van der Waals surface area contributed by atoms with Gasteiger partial charge in [0.25, 0.3) is 0 Å². The summed E-state index contributed by atoms with van der Waals surface area (Å²) in [6.07, 6.45) is 12.6. The first-order chi connectivity index (χ1) is 18.1. The minimum absolute atomic E-state index is 0. The van der Waals surface area contributed by atoms with E-state index in [-0.39, 0.29) is 35.6 Å². The Hall–Kier alpha value is -1.80. The maximum atomic E-state index is 4.11. The molecule has 0 aliphatic heterocycles. The van der Waals surface area contributed by atoms with Crippen LogP contribution in [-0.4, -0.2) is 3.26 Å². The molecule has 0 atom stereocenters. The molecule has 0 bridgehead atoms. The van der Waals surface area contributed by atoms with Gasteiger partial charge in [-0.05, 0) is 0 Å². The largest absolute Gasteiger partial charge is 0.147 e. The van der Waals surface area contributed by atoms with Crippen LogP contribution < -0.4 is 0 Å². The molecule has 0 amide bonds.